The zero-order valence-corrected chi connectivity index (χ0v) is 12.1. The van der Waals surface area contributed by atoms with E-state index < -0.39 is 4.92 Å². The molecule has 1 aromatic heterocycles. The van der Waals surface area contributed by atoms with Crippen LogP contribution in [0.25, 0.3) is 0 Å². The predicted molar refractivity (Wildman–Crippen MR) is 81.2 cm³/mol. The largest absolute Gasteiger partial charge is 0.349 e. The summed E-state index contributed by atoms with van der Waals surface area (Å²) in [5.74, 6) is 0.818. The molecular formula is C16H16FN3O2. The van der Waals surface area contributed by atoms with E-state index in [9.17, 15) is 14.5 Å². The van der Waals surface area contributed by atoms with Crippen molar-refractivity contribution in [2.24, 2.45) is 5.92 Å². The second kappa shape index (κ2) is 5.71. The molecule has 1 fully saturated rings. The van der Waals surface area contributed by atoms with Crippen LogP contribution in [0.2, 0.25) is 0 Å². The molecule has 2 heterocycles. The average Bonchev–Trinajstić information content (AvgIpc) is 2.89. The van der Waals surface area contributed by atoms with Crippen LogP contribution in [0, 0.1) is 21.8 Å². The van der Waals surface area contributed by atoms with Gasteiger partial charge in [0.15, 0.2) is 0 Å². The molecular weight excluding hydrogens is 285 g/mol. The summed E-state index contributed by atoms with van der Waals surface area (Å²) in [6, 6.07) is 9.71. The monoisotopic (exact) mass is 301 g/mol. The third-order valence-electron chi connectivity index (χ3n) is 4.01. The lowest BCUT2D eigenvalue weighted by Crippen LogP contribution is -2.24. The molecule has 2 atom stereocenters. The zero-order chi connectivity index (χ0) is 15.7. The number of halogens is 1. The van der Waals surface area contributed by atoms with E-state index in [2.05, 4.69) is 11.9 Å². The number of rotatable bonds is 3. The van der Waals surface area contributed by atoms with E-state index in [0.29, 0.717) is 17.3 Å². The standard InChI is InChI=1S/C16H16FN3O2/c1-11-8-15(13-4-2-3-5-14(13)17)19(10-11)16-7-6-12(9-18-16)20(21)22/h2-7,9,11,15H,8,10H2,1H3. The third-order valence-corrected chi connectivity index (χ3v) is 4.01. The van der Waals surface area contributed by atoms with E-state index in [1.54, 1.807) is 18.2 Å². The summed E-state index contributed by atoms with van der Waals surface area (Å²) in [7, 11) is 0. The Morgan fingerprint density at radius 1 is 1.32 bits per heavy atom. The van der Waals surface area contributed by atoms with Crippen LogP contribution in [0.1, 0.15) is 24.9 Å². The number of hydrogen-bond acceptors (Lipinski definition) is 4. The van der Waals surface area contributed by atoms with Gasteiger partial charge < -0.3 is 4.90 Å². The second-order valence-electron chi connectivity index (χ2n) is 5.66. The Morgan fingerprint density at radius 3 is 2.73 bits per heavy atom. The molecule has 0 N–H and O–H groups in total. The van der Waals surface area contributed by atoms with Gasteiger partial charge in [-0.05, 0) is 24.5 Å². The second-order valence-corrected chi connectivity index (χ2v) is 5.66. The first kappa shape index (κ1) is 14.4. The van der Waals surface area contributed by atoms with Crippen molar-refractivity contribution in [3.05, 3.63) is 64.1 Å². The third kappa shape index (κ3) is 2.64. The van der Waals surface area contributed by atoms with Crippen molar-refractivity contribution in [1.29, 1.82) is 0 Å². The maximum Gasteiger partial charge on any atom is 0.287 e. The summed E-state index contributed by atoms with van der Waals surface area (Å²) in [6.07, 6.45) is 2.08. The molecule has 0 radical (unpaired) electrons. The Bertz CT molecular complexity index is 690. The Balaban J connectivity index is 1.94. The van der Waals surface area contributed by atoms with E-state index in [4.69, 9.17) is 0 Å². The fourth-order valence-electron chi connectivity index (χ4n) is 3.00. The van der Waals surface area contributed by atoms with Gasteiger partial charge in [0, 0.05) is 18.2 Å². The first-order valence-electron chi connectivity index (χ1n) is 7.18. The van der Waals surface area contributed by atoms with Gasteiger partial charge in [-0.25, -0.2) is 9.37 Å². The molecule has 6 heteroatoms. The first-order valence-corrected chi connectivity index (χ1v) is 7.18. The summed E-state index contributed by atoms with van der Waals surface area (Å²) in [5.41, 5.74) is 0.602. The van der Waals surface area contributed by atoms with Gasteiger partial charge in [-0.3, -0.25) is 10.1 Å². The normalized spacial score (nSPS) is 21.1. The van der Waals surface area contributed by atoms with E-state index in [0.717, 1.165) is 13.0 Å². The minimum atomic E-state index is -0.474. The summed E-state index contributed by atoms with van der Waals surface area (Å²) in [4.78, 5) is 16.4. The Morgan fingerprint density at radius 2 is 2.09 bits per heavy atom. The number of anilines is 1. The highest BCUT2D eigenvalue weighted by Gasteiger charge is 2.33. The number of aromatic nitrogens is 1. The van der Waals surface area contributed by atoms with Crippen LogP contribution in [0.5, 0.6) is 0 Å². The predicted octanol–water partition coefficient (Wildman–Crippen LogP) is 3.72. The molecule has 1 aliphatic heterocycles. The van der Waals surface area contributed by atoms with Gasteiger partial charge in [-0.2, -0.15) is 0 Å². The number of nitro groups is 1. The Kier molecular flexibility index (Phi) is 3.75. The fraction of sp³-hybridized carbons (Fsp3) is 0.312. The van der Waals surface area contributed by atoms with Crippen molar-refractivity contribution < 1.29 is 9.31 Å². The van der Waals surface area contributed by atoms with E-state index in [1.165, 1.54) is 18.3 Å². The number of pyridine rings is 1. The molecule has 0 spiro atoms. The van der Waals surface area contributed by atoms with E-state index >= 15 is 0 Å². The number of hydrogen-bond donors (Lipinski definition) is 0. The van der Waals surface area contributed by atoms with Crippen LogP contribution in [-0.4, -0.2) is 16.5 Å². The molecule has 22 heavy (non-hydrogen) atoms. The SMILES string of the molecule is CC1CC(c2ccccc2F)N(c2ccc([N+](=O)[O-])cn2)C1. The van der Waals surface area contributed by atoms with Crippen molar-refractivity contribution in [2.45, 2.75) is 19.4 Å². The molecule has 1 aromatic carbocycles. The Hall–Kier alpha value is -2.50. The molecule has 1 aliphatic rings. The van der Waals surface area contributed by atoms with Crippen molar-refractivity contribution in [1.82, 2.24) is 4.98 Å². The summed E-state index contributed by atoms with van der Waals surface area (Å²) in [6.45, 7) is 2.86. The lowest BCUT2D eigenvalue weighted by molar-refractivity contribution is -0.385. The highest BCUT2D eigenvalue weighted by molar-refractivity contribution is 5.47. The molecule has 2 unspecified atom stereocenters. The molecule has 0 saturated carbocycles. The van der Waals surface area contributed by atoms with Gasteiger partial charge in [-0.15, -0.1) is 0 Å². The lowest BCUT2D eigenvalue weighted by Gasteiger charge is -2.26. The van der Waals surface area contributed by atoms with Crippen LogP contribution in [0.3, 0.4) is 0 Å². The highest BCUT2D eigenvalue weighted by atomic mass is 19.1. The molecule has 0 bridgehead atoms. The molecule has 1 saturated heterocycles. The lowest BCUT2D eigenvalue weighted by atomic mass is 10.0. The van der Waals surface area contributed by atoms with Crippen molar-refractivity contribution in [3.8, 4) is 0 Å². The van der Waals surface area contributed by atoms with E-state index in [1.807, 2.05) is 11.0 Å². The molecule has 2 aromatic rings. The van der Waals surface area contributed by atoms with Crippen LogP contribution >= 0.6 is 0 Å². The van der Waals surface area contributed by atoms with Crippen molar-refractivity contribution in [2.75, 3.05) is 11.4 Å². The quantitative estimate of drug-likeness (QED) is 0.640. The van der Waals surface area contributed by atoms with Gasteiger partial charge in [-0.1, -0.05) is 25.1 Å². The smallest absolute Gasteiger partial charge is 0.287 e. The van der Waals surface area contributed by atoms with Gasteiger partial charge in [0.05, 0.1) is 11.0 Å². The fourth-order valence-corrected chi connectivity index (χ4v) is 3.00. The number of benzene rings is 1. The average molecular weight is 301 g/mol. The summed E-state index contributed by atoms with van der Waals surface area (Å²) < 4.78 is 14.1. The first-order chi connectivity index (χ1) is 10.6. The van der Waals surface area contributed by atoms with Crippen LogP contribution in [0.4, 0.5) is 15.9 Å². The van der Waals surface area contributed by atoms with Crippen LogP contribution < -0.4 is 4.90 Å². The maximum atomic E-state index is 14.1. The van der Waals surface area contributed by atoms with Gasteiger partial charge >= 0.3 is 0 Å². The molecule has 0 aliphatic carbocycles. The van der Waals surface area contributed by atoms with Crippen molar-refractivity contribution in [3.63, 3.8) is 0 Å². The van der Waals surface area contributed by atoms with Crippen molar-refractivity contribution >= 4 is 11.5 Å². The maximum absolute atomic E-state index is 14.1. The summed E-state index contributed by atoms with van der Waals surface area (Å²) >= 11 is 0. The summed E-state index contributed by atoms with van der Waals surface area (Å²) in [5, 5.41) is 10.7. The number of nitrogens with zero attached hydrogens (tertiary/aromatic N) is 3. The van der Waals surface area contributed by atoms with Gasteiger partial charge in [0.25, 0.3) is 5.69 Å². The minimum Gasteiger partial charge on any atom is -0.349 e. The molecule has 0 amide bonds. The zero-order valence-electron chi connectivity index (χ0n) is 12.1. The minimum absolute atomic E-state index is 0.0431. The molecule has 114 valence electrons. The Labute approximate surface area is 127 Å². The topological polar surface area (TPSA) is 59.3 Å². The van der Waals surface area contributed by atoms with E-state index in [-0.39, 0.29) is 17.5 Å². The molecule has 5 nitrogen and oxygen atoms in total. The van der Waals surface area contributed by atoms with Gasteiger partial charge in [0.1, 0.15) is 17.8 Å². The van der Waals surface area contributed by atoms with Crippen LogP contribution in [0.15, 0.2) is 42.6 Å². The molecule has 3 rings (SSSR count). The van der Waals surface area contributed by atoms with Crippen LogP contribution in [-0.2, 0) is 0 Å². The highest BCUT2D eigenvalue weighted by Crippen LogP contribution is 2.39. The van der Waals surface area contributed by atoms with Gasteiger partial charge in [0.2, 0.25) is 0 Å².